The Morgan fingerprint density at radius 2 is 1.95 bits per heavy atom. The van der Waals surface area contributed by atoms with Crippen LogP contribution in [0, 0.1) is 0 Å². The molecule has 0 amide bonds. The van der Waals surface area contributed by atoms with E-state index in [1.807, 2.05) is 13.8 Å². The smallest absolute Gasteiger partial charge is 0.243 e. The zero-order chi connectivity index (χ0) is 14.3. The van der Waals surface area contributed by atoms with Gasteiger partial charge in [0.05, 0.1) is 11.5 Å². The van der Waals surface area contributed by atoms with Crippen molar-refractivity contribution in [3.05, 3.63) is 29.8 Å². The van der Waals surface area contributed by atoms with Crippen LogP contribution < -0.4 is 5.73 Å². The van der Waals surface area contributed by atoms with E-state index in [-0.39, 0.29) is 11.4 Å². The van der Waals surface area contributed by atoms with Gasteiger partial charge in [-0.25, -0.2) is 8.42 Å². The SMILES string of the molecule is CCOCCN(CC)S(=O)(=O)c1ccccc1CN. The van der Waals surface area contributed by atoms with E-state index in [0.717, 1.165) is 0 Å². The molecule has 108 valence electrons. The van der Waals surface area contributed by atoms with Crippen LogP contribution in [0.2, 0.25) is 0 Å². The molecule has 5 nitrogen and oxygen atoms in total. The third-order valence-corrected chi connectivity index (χ3v) is 4.93. The van der Waals surface area contributed by atoms with Crippen LogP contribution in [0.1, 0.15) is 19.4 Å². The molecule has 1 aromatic carbocycles. The Morgan fingerprint density at radius 3 is 2.53 bits per heavy atom. The molecule has 0 saturated carbocycles. The maximum absolute atomic E-state index is 12.6. The molecule has 0 bridgehead atoms. The lowest BCUT2D eigenvalue weighted by Crippen LogP contribution is -2.34. The van der Waals surface area contributed by atoms with Crippen molar-refractivity contribution in [2.45, 2.75) is 25.3 Å². The molecular formula is C13H22N2O3S. The van der Waals surface area contributed by atoms with Crippen molar-refractivity contribution in [1.82, 2.24) is 4.31 Å². The summed E-state index contributed by atoms with van der Waals surface area (Å²) in [5, 5.41) is 0. The predicted molar refractivity (Wildman–Crippen MR) is 75.3 cm³/mol. The van der Waals surface area contributed by atoms with Crippen molar-refractivity contribution in [2.24, 2.45) is 5.73 Å². The quantitative estimate of drug-likeness (QED) is 0.729. The molecule has 0 aliphatic carbocycles. The van der Waals surface area contributed by atoms with Crippen molar-refractivity contribution in [1.29, 1.82) is 0 Å². The number of hydrogen-bond acceptors (Lipinski definition) is 4. The van der Waals surface area contributed by atoms with Gasteiger partial charge in [-0.3, -0.25) is 0 Å². The van der Waals surface area contributed by atoms with Gasteiger partial charge in [0, 0.05) is 26.2 Å². The third kappa shape index (κ3) is 4.01. The number of hydrogen-bond donors (Lipinski definition) is 1. The molecule has 0 radical (unpaired) electrons. The molecule has 0 fully saturated rings. The highest BCUT2D eigenvalue weighted by Gasteiger charge is 2.24. The largest absolute Gasteiger partial charge is 0.380 e. The lowest BCUT2D eigenvalue weighted by Gasteiger charge is -2.21. The minimum atomic E-state index is -3.50. The van der Waals surface area contributed by atoms with Crippen LogP contribution in [0.3, 0.4) is 0 Å². The Kier molecular flexibility index (Phi) is 6.44. The standard InChI is InChI=1S/C13H22N2O3S/c1-3-15(9-10-18-4-2)19(16,17)13-8-6-5-7-12(13)11-14/h5-8H,3-4,9-11,14H2,1-2H3. The highest BCUT2D eigenvalue weighted by Crippen LogP contribution is 2.19. The van der Waals surface area contributed by atoms with Gasteiger partial charge < -0.3 is 10.5 Å². The summed E-state index contributed by atoms with van der Waals surface area (Å²) in [5.74, 6) is 0. The predicted octanol–water partition coefficient (Wildman–Crippen LogP) is 1.19. The molecule has 0 atom stereocenters. The zero-order valence-electron chi connectivity index (χ0n) is 11.5. The highest BCUT2D eigenvalue weighted by molar-refractivity contribution is 7.89. The van der Waals surface area contributed by atoms with Crippen LogP contribution in [-0.2, 0) is 21.3 Å². The molecule has 0 aliphatic heterocycles. The molecule has 0 unspecified atom stereocenters. The number of likely N-dealkylation sites (N-methyl/N-ethyl adjacent to an activating group) is 1. The number of nitrogens with two attached hydrogens (primary N) is 1. The van der Waals surface area contributed by atoms with Gasteiger partial charge >= 0.3 is 0 Å². The van der Waals surface area contributed by atoms with E-state index >= 15 is 0 Å². The summed E-state index contributed by atoms with van der Waals surface area (Å²) in [6.45, 7) is 5.65. The van der Waals surface area contributed by atoms with E-state index in [1.54, 1.807) is 24.3 Å². The first-order chi connectivity index (χ1) is 9.07. The van der Waals surface area contributed by atoms with E-state index in [9.17, 15) is 8.42 Å². The van der Waals surface area contributed by atoms with Crippen molar-refractivity contribution in [3.63, 3.8) is 0 Å². The minimum Gasteiger partial charge on any atom is -0.380 e. The molecule has 0 saturated heterocycles. The normalized spacial score (nSPS) is 12.0. The van der Waals surface area contributed by atoms with Gasteiger partial charge in [0.1, 0.15) is 0 Å². The number of ether oxygens (including phenoxy) is 1. The summed E-state index contributed by atoms with van der Waals surface area (Å²) in [7, 11) is -3.50. The Hall–Kier alpha value is -0.950. The summed E-state index contributed by atoms with van der Waals surface area (Å²) < 4.78 is 31.7. The van der Waals surface area contributed by atoms with Crippen LogP contribution in [0.5, 0.6) is 0 Å². The van der Waals surface area contributed by atoms with Gasteiger partial charge in [-0.15, -0.1) is 0 Å². The fourth-order valence-electron chi connectivity index (χ4n) is 1.82. The van der Waals surface area contributed by atoms with E-state index in [0.29, 0.717) is 31.9 Å². The van der Waals surface area contributed by atoms with E-state index in [2.05, 4.69) is 0 Å². The van der Waals surface area contributed by atoms with E-state index < -0.39 is 10.0 Å². The Bertz CT molecular complexity index is 488. The van der Waals surface area contributed by atoms with Crippen LogP contribution in [-0.4, -0.2) is 39.0 Å². The summed E-state index contributed by atoms with van der Waals surface area (Å²) in [6.07, 6.45) is 0. The third-order valence-electron chi connectivity index (χ3n) is 2.85. The van der Waals surface area contributed by atoms with Crippen molar-refractivity contribution >= 4 is 10.0 Å². The molecule has 1 aromatic rings. The second kappa shape index (κ2) is 7.59. The topological polar surface area (TPSA) is 72.6 Å². The maximum atomic E-state index is 12.6. The summed E-state index contributed by atoms with van der Waals surface area (Å²) >= 11 is 0. The fraction of sp³-hybridized carbons (Fsp3) is 0.538. The number of benzene rings is 1. The Morgan fingerprint density at radius 1 is 1.26 bits per heavy atom. The summed E-state index contributed by atoms with van der Waals surface area (Å²) in [5.41, 5.74) is 6.24. The van der Waals surface area contributed by atoms with Gasteiger partial charge in [0.15, 0.2) is 0 Å². The average molecular weight is 286 g/mol. The zero-order valence-corrected chi connectivity index (χ0v) is 12.3. The highest BCUT2D eigenvalue weighted by atomic mass is 32.2. The number of rotatable bonds is 8. The second-order valence-corrected chi connectivity index (χ2v) is 5.91. The lowest BCUT2D eigenvalue weighted by molar-refractivity contribution is 0.135. The molecule has 0 spiro atoms. The first kappa shape index (κ1) is 16.1. The Balaban J connectivity index is 2.99. The summed E-state index contributed by atoms with van der Waals surface area (Å²) in [4.78, 5) is 0.288. The molecule has 19 heavy (non-hydrogen) atoms. The lowest BCUT2D eigenvalue weighted by atomic mass is 10.2. The minimum absolute atomic E-state index is 0.207. The number of sulfonamides is 1. The van der Waals surface area contributed by atoms with E-state index in [1.165, 1.54) is 4.31 Å². The first-order valence-electron chi connectivity index (χ1n) is 6.43. The van der Waals surface area contributed by atoms with Gasteiger partial charge in [-0.05, 0) is 18.6 Å². The van der Waals surface area contributed by atoms with Crippen LogP contribution in [0.25, 0.3) is 0 Å². The summed E-state index contributed by atoms with van der Waals surface area (Å²) in [6, 6.07) is 6.84. The molecule has 2 N–H and O–H groups in total. The van der Waals surface area contributed by atoms with Gasteiger partial charge in [0.25, 0.3) is 0 Å². The maximum Gasteiger partial charge on any atom is 0.243 e. The van der Waals surface area contributed by atoms with Crippen LogP contribution >= 0.6 is 0 Å². The molecule has 0 aromatic heterocycles. The second-order valence-electron chi connectivity index (χ2n) is 4.01. The number of nitrogens with zero attached hydrogens (tertiary/aromatic N) is 1. The van der Waals surface area contributed by atoms with Crippen LogP contribution in [0.4, 0.5) is 0 Å². The van der Waals surface area contributed by atoms with Crippen molar-refractivity contribution in [2.75, 3.05) is 26.3 Å². The van der Waals surface area contributed by atoms with Gasteiger partial charge in [-0.2, -0.15) is 4.31 Å². The monoisotopic (exact) mass is 286 g/mol. The van der Waals surface area contributed by atoms with Crippen LogP contribution in [0.15, 0.2) is 29.2 Å². The fourth-order valence-corrected chi connectivity index (χ4v) is 3.49. The van der Waals surface area contributed by atoms with Crippen molar-refractivity contribution in [3.8, 4) is 0 Å². The van der Waals surface area contributed by atoms with Gasteiger partial charge in [-0.1, -0.05) is 25.1 Å². The Labute approximate surface area is 115 Å². The molecule has 0 heterocycles. The molecular weight excluding hydrogens is 264 g/mol. The molecule has 1 rings (SSSR count). The molecule has 6 heteroatoms. The molecule has 0 aliphatic rings. The average Bonchev–Trinajstić information content (AvgIpc) is 2.43. The van der Waals surface area contributed by atoms with E-state index in [4.69, 9.17) is 10.5 Å². The van der Waals surface area contributed by atoms with Crippen molar-refractivity contribution < 1.29 is 13.2 Å². The first-order valence-corrected chi connectivity index (χ1v) is 7.87. The van der Waals surface area contributed by atoms with Gasteiger partial charge in [0.2, 0.25) is 10.0 Å².